The van der Waals surface area contributed by atoms with Crippen LogP contribution in [-0.4, -0.2) is 4.98 Å². The number of aromatic nitrogens is 1. The van der Waals surface area contributed by atoms with E-state index < -0.39 is 0 Å². The maximum Gasteiger partial charge on any atom is 0.192 e. The molecule has 0 spiro atoms. The Balaban J connectivity index is 3.22. The zero-order valence-corrected chi connectivity index (χ0v) is 6.85. The van der Waals surface area contributed by atoms with Crippen molar-refractivity contribution in [3.8, 4) is 0 Å². The minimum atomic E-state index is 0.651. The first-order valence-electron chi connectivity index (χ1n) is 3.41. The molecule has 0 amide bonds. The number of oxazole rings is 1. The van der Waals surface area contributed by atoms with Crippen molar-refractivity contribution in [1.29, 1.82) is 0 Å². The summed E-state index contributed by atoms with van der Waals surface area (Å²) in [6.07, 6.45) is 1.64. The van der Waals surface area contributed by atoms with Gasteiger partial charge >= 0.3 is 0 Å². The van der Waals surface area contributed by atoms with Crippen molar-refractivity contribution < 1.29 is 4.42 Å². The molecule has 2 nitrogen and oxygen atoms in total. The molecular weight excluding hydrogens is 138 g/mol. The molecule has 0 bridgehead atoms. The molecular formula is C9H11NO. The Bertz CT molecular complexity index is 297. The van der Waals surface area contributed by atoms with Crippen LogP contribution in [-0.2, 0) is 0 Å². The molecule has 1 aromatic rings. The van der Waals surface area contributed by atoms with E-state index in [1.807, 2.05) is 6.92 Å². The van der Waals surface area contributed by atoms with Gasteiger partial charge in [-0.1, -0.05) is 13.2 Å². The predicted octanol–water partition coefficient (Wildman–Crippen LogP) is 2.66. The number of hydrogen-bond acceptors (Lipinski definition) is 2. The third kappa shape index (κ3) is 1.40. The maximum atomic E-state index is 5.24. The van der Waals surface area contributed by atoms with Gasteiger partial charge in [-0.15, -0.1) is 0 Å². The first-order valence-corrected chi connectivity index (χ1v) is 3.41. The van der Waals surface area contributed by atoms with Crippen LogP contribution >= 0.6 is 0 Å². The quantitative estimate of drug-likeness (QED) is 0.646. The Labute approximate surface area is 66.3 Å². The molecule has 2 heteroatoms. The molecule has 0 saturated heterocycles. The molecule has 0 atom stereocenters. The number of nitrogens with zero attached hydrogens (tertiary/aromatic N) is 1. The van der Waals surface area contributed by atoms with E-state index in [9.17, 15) is 0 Å². The second-order valence-electron chi connectivity index (χ2n) is 2.43. The van der Waals surface area contributed by atoms with Gasteiger partial charge in [-0.2, -0.15) is 0 Å². The molecule has 0 saturated carbocycles. The normalized spacial score (nSPS) is 9.64. The fourth-order valence-corrected chi connectivity index (χ4v) is 0.887. The average Bonchev–Trinajstić information content (AvgIpc) is 2.30. The summed E-state index contributed by atoms with van der Waals surface area (Å²) < 4.78 is 5.24. The van der Waals surface area contributed by atoms with Gasteiger partial charge in [0.1, 0.15) is 5.69 Å². The van der Waals surface area contributed by atoms with Gasteiger partial charge in [-0.05, 0) is 18.6 Å². The summed E-state index contributed by atoms with van der Waals surface area (Å²) in [6.45, 7) is 11.1. The number of rotatable bonds is 2. The van der Waals surface area contributed by atoms with Gasteiger partial charge < -0.3 is 4.42 Å². The Morgan fingerprint density at radius 3 is 2.64 bits per heavy atom. The highest BCUT2D eigenvalue weighted by atomic mass is 16.4. The van der Waals surface area contributed by atoms with Gasteiger partial charge in [0.05, 0.1) is 0 Å². The third-order valence-corrected chi connectivity index (χ3v) is 1.35. The van der Waals surface area contributed by atoms with Gasteiger partial charge in [0.25, 0.3) is 0 Å². The van der Waals surface area contributed by atoms with Crippen LogP contribution in [0.3, 0.4) is 0 Å². The van der Waals surface area contributed by atoms with Crippen LogP contribution in [0.1, 0.15) is 24.3 Å². The lowest BCUT2D eigenvalue weighted by atomic mass is 10.2. The second kappa shape index (κ2) is 2.74. The Morgan fingerprint density at radius 2 is 2.27 bits per heavy atom. The van der Waals surface area contributed by atoms with E-state index in [1.54, 1.807) is 13.0 Å². The van der Waals surface area contributed by atoms with E-state index in [0.29, 0.717) is 11.7 Å². The Morgan fingerprint density at radius 1 is 1.64 bits per heavy atom. The summed E-state index contributed by atoms with van der Waals surface area (Å²) in [5.41, 5.74) is 1.70. The van der Waals surface area contributed by atoms with E-state index in [-0.39, 0.29) is 0 Å². The fourth-order valence-electron chi connectivity index (χ4n) is 0.887. The first-order chi connectivity index (χ1) is 5.15. The molecule has 0 unspecified atom stereocenters. The fraction of sp³-hybridized carbons (Fsp3) is 0.222. The lowest BCUT2D eigenvalue weighted by Crippen LogP contribution is -1.80. The summed E-state index contributed by atoms with van der Waals surface area (Å²) in [5, 5.41) is 0. The SMILES string of the molecule is C=Cc1oc(C)nc1C(=C)C. The van der Waals surface area contributed by atoms with E-state index in [4.69, 9.17) is 4.42 Å². The average molecular weight is 149 g/mol. The Hall–Kier alpha value is -1.31. The van der Waals surface area contributed by atoms with Gasteiger partial charge in [0, 0.05) is 6.92 Å². The number of hydrogen-bond donors (Lipinski definition) is 0. The van der Waals surface area contributed by atoms with Crippen LogP contribution in [0.4, 0.5) is 0 Å². The monoisotopic (exact) mass is 149 g/mol. The molecule has 0 aromatic carbocycles. The number of allylic oxidation sites excluding steroid dienone is 1. The van der Waals surface area contributed by atoms with Crippen LogP contribution < -0.4 is 0 Å². The molecule has 11 heavy (non-hydrogen) atoms. The minimum absolute atomic E-state index is 0.651. The molecule has 0 aliphatic rings. The predicted molar refractivity (Wildman–Crippen MR) is 46.0 cm³/mol. The minimum Gasteiger partial charge on any atom is -0.441 e. The molecule has 1 rings (SSSR count). The van der Waals surface area contributed by atoms with E-state index in [2.05, 4.69) is 18.1 Å². The Kier molecular flexibility index (Phi) is 1.94. The summed E-state index contributed by atoms with van der Waals surface area (Å²) in [5.74, 6) is 1.35. The van der Waals surface area contributed by atoms with E-state index >= 15 is 0 Å². The topological polar surface area (TPSA) is 26.0 Å². The van der Waals surface area contributed by atoms with Gasteiger partial charge in [0.2, 0.25) is 0 Å². The standard InChI is InChI=1S/C9H11NO/c1-5-8-9(6(2)3)10-7(4)11-8/h5H,1-2H2,3-4H3. The summed E-state index contributed by atoms with van der Waals surface area (Å²) in [6, 6.07) is 0. The lowest BCUT2D eigenvalue weighted by Gasteiger charge is -1.90. The molecule has 0 aliphatic heterocycles. The van der Waals surface area contributed by atoms with Crippen LogP contribution in [0, 0.1) is 6.92 Å². The van der Waals surface area contributed by atoms with Crippen molar-refractivity contribution in [3.05, 3.63) is 30.5 Å². The van der Waals surface area contributed by atoms with Crippen molar-refractivity contribution in [2.75, 3.05) is 0 Å². The van der Waals surface area contributed by atoms with Crippen molar-refractivity contribution in [1.82, 2.24) is 4.98 Å². The highest BCUT2D eigenvalue weighted by Gasteiger charge is 2.06. The largest absolute Gasteiger partial charge is 0.441 e. The molecule has 0 fully saturated rings. The third-order valence-electron chi connectivity index (χ3n) is 1.35. The van der Waals surface area contributed by atoms with Crippen LogP contribution in [0.25, 0.3) is 11.6 Å². The summed E-state index contributed by atoms with van der Waals surface area (Å²) in [7, 11) is 0. The zero-order chi connectivity index (χ0) is 8.43. The molecule has 1 heterocycles. The van der Waals surface area contributed by atoms with E-state index in [0.717, 1.165) is 11.3 Å². The van der Waals surface area contributed by atoms with Crippen LogP contribution in [0.15, 0.2) is 17.6 Å². The summed E-state index contributed by atoms with van der Waals surface area (Å²) >= 11 is 0. The second-order valence-corrected chi connectivity index (χ2v) is 2.43. The molecule has 58 valence electrons. The first kappa shape index (κ1) is 7.79. The smallest absolute Gasteiger partial charge is 0.192 e. The molecule has 1 aromatic heterocycles. The highest BCUT2D eigenvalue weighted by Crippen LogP contribution is 2.18. The van der Waals surface area contributed by atoms with Gasteiger partial charge in [-0.3, -0.25) is 0 Å². The maximum absolute atomic E-state index is 5.24. The van der Waals surface area contributed by atoms with Crippen molar-refractivity contribution in [3.63, 3.8) is 0 Å². The van der Waals surface area contributed by atoms with E-state index in [1.165, 1.54) is 0 Å². The van der Waals surface area contributed by atoms with Gasteiger partial charge in [0.15, 0.2) is 11.7 Å². The van der Waals surface area contributed by atoms with Crippen molar-refractivity contribution in [2.45, 2.75) is 13.8 Å². The highest BCUT2D eigenvalue weighted by molar-refractivity contribution is 5.65. The lowest BCUT2D eigenvalue weighted by molar-refractivity contribution is 0.513. The molecule has 0 N–H and O–H groups in total. The van der Waals surface area contributed by atoms with Crippen LogP contribution in [0.2, 0.25) is 0 Å². The van der Waals surface area contributed by atoms with Crippen LogP contribution in [0.5, 0.6) is 0 Å². The van der Waals surface area contributed by atoms with Crippen molar-refractivity contribution >= 4 is 11.6 Å². The molecule has 0 radical (unpaired) electrons. The zero-order valence-electron chi connectivity index (χ0n) is 6.85. The number of aryl methyl sites for hydroxylation is 1. The van der Waals surface area contributed by atoms with Crippen molar-refractivity contribution in [2.24, 2.45) is 0 Å². The van der Waals surface area contributed by atoms with Gasteiger partial charge in [-0.25, -0.2) is 4.98 Å². The molecule has 0 aliphatic carbocycles. The summed E-state index contributed by atoms with van der Waals surface area (Å²) in [4.78, 5) is 4.14.